The molecule has 1 atom stereocenters. The molecule has 68 valence electrons. The molecule has 0 spiro atoms. The minimum atomic E-state index is -0.0901. The molecule has 1 aromatic heterocycles. The van der Waals surface area contributed by atoms with Gasteiger partial charge in [0.05, 0.1) is 23.5 Å². The Hall–Kier alpha value is -1.16. The number of anilines is 1. The molecule has 13 heavy (non-hydrogen) atoms. The van der Waals surface area contributed by atoms with Gasteiger partial charge >= 0.3 is 0 Å². The van der Waals surface area contributed by atoms with E-state index in [0.717, 1.165) is 5.69 Å². The van der Waals surface area contributed by atoms with Crippen molar-refractivity contribution in [2.75, 3.05) is 11.4 Å². The molecule has 0 aliphatic carbocycles. The van der Waals surface area contributed by atoms with E-state index in [1.165, 1.54) is 6.33 Å². The highest BCUT2D eigenvalue weighted by molar-refractivity contribution is 6.24. The molecule has 1 aliphatic heterocycles. The smallest absolute Gasteiger partial charge is 0.228 e. The van der Waals surface area contributed by atoms with Crippen molar-refractivity contribution >= 4 is 23.2 Å². The van der Waals surface area contributed by atoms with Crippen LogP contribution >= 0.6 is 11.6 Å². The standard InChI is InChI=1S/C8H8ClN3O/c9-6-1-8(13)12(4-6)7-2-10-5-11-3-7/h2-3,5-6H,1,4H2. The van der Waals surface area contributed by atoms with E-state index in [4.69, 9.17) is 11.6 Å². The molecule has 2 heterocycles. The molecule has 0 aromatic carbocycles. The van der Waals surface area contributed by atoms with E-state index in [0.29, 0.717) is 13.0 Å². The Balaban J connectivity index is 2.23. The zero-order valence-corrected chi connectivity index (χ0v) is 7.61. The Morgan fingerprint density at radius 1 is 1.46 bits per heavy atom. The Morgan fingerprint density at radius 2 is 2.15 bits per heavy atom. The molecule has 1 unspecified atom stereocenters. The molecule has 0 bridgehead atoms. The van der Waals surface area contributed by atoms with E-state index in [9.17, 15) is 4.79 Å². The maximum atomic E-state index is 11.4. The van der Waals surface area contributed by atoms with E-state index < -0.39 is 0 Å². The predicted octanol–water partition coefficient (Wildman–Crippen LogP) is 0.821. The van der Waals surface area contributed by atoms with Gasteiger partial charge in [-0.2, -0.15) is 0 Å². The predicted molar refractivity (Wildman–Crippen MR) is 48.6 cm³/mol. The zero-order chi connectivity index (χ0) is 9.26. The van der Waals surface area contributed by atoms with E-state index in [1.54, 1.807) is 17.3 Å². The fourth-order valence-corrected chi connectivity index (χ4v) is 1.61. The van der Waals surface area contributed by atoms with Crippen LogP contribution in [0.2, 0.25) is 0 Å². The second-order valence-electron chi connectivity index (χ2n) is 2.90. The van der Waals surface area contributed by atoms with Gasteiger partial charge in [-0.3, -0.25) is 4.79 Å². The zero-order valence-electron chi connectivity index (χ0n) is 6.85. The molecule has 1 aliphatic rings. The summed E-state index contributed by atoms with van der Waals surface area (Å²) in [5.41, 5.74) is 0.718. The van der Waals surface area contributed by atoms with Crippen molar-refractivity contribution in [2.24, 2.45) is 0 Å². The molecule has 5 heteroatoms. The maximum absolute atomic E-state index is 11.4. The first kappa shape index (κ1) is 8.44. The van der Waals surface area contributed by atoms with Crippen LogP contribution in [0.5, 0.6) is 0 Å². The SMILES string of the molecule is O=C1CC(Cl)CN1c1cncnc1. The number of alkyl halides is 1. The van der Waals surface area contributed by atoms with Gasteiger partial charge in [0.1, 0.15) is 6.33 Å². The number of nitrogens with zero attached hydrogens (tertiary/aromatic N) is 3. The minimum Gasteiger partial charge on any atom is -0.308 e. The molecular weight excluding hydrogens is 190 g/mol. The lowest BCUT2D eigenvalue weighted by Gasteiger charge is -2.13. The van der Waals surface area contributed by atoms with Gasteiger partial charge in [-0.1, -0.05) is 0 Å². The average molecular weight is 198 g/mol. The summed E-state index contributed by atoms with van der Waals surface area (Å²) in [5.74, 6) is 0.0369. The fraction of sp³-hybridized carbons (Fsp3) is 0.375. The third kappa shape index (κ3) is 1.62. The fourth-order valence-electron chi connectivity index (χ4n) is 1.34. The molecule has 2 rings (SSSR count). The second kappa shape index (κ2) is 3.30. The lowest BCUT2D eigenvalue weighted by Crippen LogP contribution is -2.24. The van der Waals surface area contributed by atoms with Gasteiger partial charge in [-0.05, 0) is 0 Å². The number of amides is 1. The number of hydrogen-bond acceptors (Lipinski definition) is 3. The summed E-state index contributed by atoms with van der Waals surface area (Å²) >= 11 is 5.85. The van der Waals surface area contributed by atoms with Gasteiger partial charge in [0.2, 0.25) is 5.91 Å². The first-order valence-corrected chi connectivity index (χ1v) is 4.40. The molecule has 0 saturated carbocycles. The Morgan fingerprint density at radius 3 is 2.69 bits per heavy atom. The van der Waals surface area contributed by atoms with E-state index >= 15 is 0 Å². The number of rotatable bonds is 1. The van der Waals surface area contributed by atoms with Gasteiger partial charge in [-0.15, -0.1) is 11.6 Å². The van der Waals surface area contributed by atoms with E-state index in [1.807, 2.05) is 0 Å². The van der Waals surface area contributed by atoms with Crippen LogP contribution in [0.25, 0.3) is 0 Å². The average Bonchev–Trinajstić information content (AvgIpc) is 2.47. The molecule has 0 radical (unpaired) electrons. The lowest BCUT2D eigenvalue weighted by molar-refractivity contribution is -0.117. The largest absolute Gasteiger partial charge is 0.308 e. The maximum Gasteiger partial charge on any atom is 0.228 e. The number of aromatic nitrogens is 2. The van der Waals surface area contributed by atoms with Crippen molar-refractivity contribution in [1.29, 1.82) is 0 Å². The van der Waals surface area contributed by atoms with Crippen LogP contribution in [-0.2, 0) is 4.79 Å². The van der Waals surface area contributed by atoms with Crippen molar-refractivity contribution in [2.45, 2.75) is 11.8 Å². The number of halogens is 1. The van der Waals surface area contributed by atoms with Gasteiger partial charge in [0.25, 0.3) is 0 Å². The Bertz CT molecular complexity index is 316. The second-order valence-corrected chi connectivity index (χ2v) is 3.52. The topological polar surface area (TPSA) is 46.1 Å². The molecule has 1 amide bonds. The third-order valence-corrected chi connectivity index (χ3v) is 2.23. The highest BCUT2D eigenvalue weighted by Crippen LogP contribution is 2.22. The van der Waals surface area contributed by atoms with Crippen molar-refractivity contribution < 1.29 is 4.79 Å². The van der Waals surface area contributed by atoms with Crippen LogP contribution in [0, 0.1) is 0 Å². The van der Waals surface area contributed by atoms with Crippen LogP contribution in [0.4, 0.5) is 5.69 Å². The summed E-state index contributed by atoms with van der Waals surface area (Å²) in [6, 6.07) is 0. The van der Waals surface area contributed by atoms with Crippen molar-refractivity contribution in [1.82, 2.24) is 9.97 Å². The molecule has 1 saturated heterocycles. The van der Waals surface area contributed by atoms with Gasteiger partial charge in [0.15, 0.2) is 0 Å². The van der Waals surface area contributed by atoms with Gasteiger partial charge in [-0.25, -0.2) is 9.97 Å². The highest BCUT2D eigenvalue weighted by Gasteiger charge is 2.29. The monoisotopic (exact) mass is 197 g/mol. The summed E-state index contributed by atoms with van der Waals surface area (Å²) in [7, 11) is 0. The third-order valence-electron chi connectivity index (χ3n) is 1.94. The number of carbonyl (C=O) groups is 1. The molecule has 0 N–H and O–H groups in total. The molecule has 1 aromatic rings. The summed E-state index contributed by atoms with van der Waals surface area (Å²) in [6.07, 6.45) is 5.05. The molecule has 1 fully saturated rings. The highest BCUT2D eigenvalue weighted by atomic mass is 35.5. The van der Waals surface area contributed by atoms with Gasteiger partial charge in [0, 0.05) is 13.0 Å². The summed E-state index contributed by atoms with van der Waals surface area (Å²) < 4.78 is 0. The van der Waals surface area contributed by atoms with Crippen LogP contribution in [0.3, 0.4) is 0 Å². The van der Waals surface area contributed by atoms with Crippen molar-refractivity contribution in [3.8, 4) is 0 Å². The summed E-state index contributed by atoms with van der Waals surface area (Å²) in [4.78, 5) is 20.7. The van der Waals surface area contributed by atoms with Gasteiger partial charge < -0.3 is 4.90 Å². The van der Waals surface area contributed by atoms with Crippen molar-refractivity contribution in [3.63, 3.8) is 0 Å². The number of carbonyl (C=O) groups excluding carboxylic acids is 1. The van der Waals surface area contributed by atoms with Crippen LogP contribution < -0.4 is 4.90 Å². The van der Waals surface area contributed by atoms with E-state index in [-0.39, 0.29) is 11.3 Å². The minimum absolute atomic E-state index is 0.0369. The first-order valence-electron chi connectivity index (χ1n) is 3.97. The van der Waals surface area contributed by atoms with Crippen LogP contribution in [0.1, 0.15) is 6.42 Å². The van der Waals surface area contributed by atoms with Crippen LogP contribution in [0.15, 0.2) is 18.7 Å². The summed E-state index contributed by atoms with van der Waals surface area (Å²) in [6.45, 7) is 0.549. The molecule has 4 nitrogen and oxygen atoms in total. The van der Waals surface area contributed by atoms with Crippen molar-refractivity contribution in [3.05, 3.63) is 18.7 Å². The molecular formula is C8H8ClN3O. The lowest BCUT2D eigenvalue weighted by atomic mass is 10.4. The Labute approximate surface area is 80.5 Å². The number of hydrogen-bond donors (Lipinski definition) is 0. The first-order chi connectivity index (χ1) is 6.27. The van der Waals surface area contributed by atoms with E-state index in [2.05, 4.69) is 9.97 Å². The van der Waals surface area contributed by atoms with Crippen LogP contribution in [-0.4, -0.2) is 27.8 Å². The summed E-state index contributed by atoms with van der Waals surface area (Å²) in [5, 5.41) is -0.0901. The normalized spacial score (nSPS) is 22.4. The quantitative estimate of drug-likeness (QED) is 0.627. The Kier molecular flexibility index (Phi) is 2.14.